The summed E-state index contributed by atoms with van der Waals surface area (Å²) in [6.45, 7) is 6.59. The molecule has 0 radical (unpaired) electrons. The van der Waals surface area contributed by atoms with Crippen molar-refractivity contribution in [2.45, 2.75) is 31.2 Å². The van der Waals surface area contributed by atoms with E-state index >= 15 is 0 Å². The van der Waals surface area contributed by atoms with Gasteiger partial charge in [-0.2, -0.15) is 15.0 Å². The van der Waals surface area contributed by atoms with Gasteiger partial charge in [0.15, 0.2) is 5.16 Å². The van der Waals surface area contributed by atoms with Crippen LogP contribution in [0.5, 0.6) is 0 Å². The summed E-state index contributed by atoms with van der Waals surface area (Å²) in [6.07, 6.45) is 0. The molecule has 0 aliphatic rings. The first-order valence-corrected chi connectivity index (χ1v) is 6.59. The fraction of sp³-hybridized carbons (Fsp3) is 0.727. The first-order valence-electron chi connectivity index (χ1n) is 5.71. The Balaban J connectivity index is 2.94. The Hall–Kier alpha value is -1.04. The fourth-order valence-corrected chi connectivity index (χ4v) is 1.89. The Morgan fingerprint density at radius 3 is 2.24 bits per heavy atom. The van der Waals surface area contributed by atoms with Gasteiger partial charge in [-0.25, -0.2) is 0 Å². The molecule has 17 heavy (non-hydrogen) atoms. The maximum atomic E-state index is 4.43. The van der Waals surface area contributed by atoms with Crippen LogP contribution in [-0.2, 0) is 0 Å². The third-order valence-corrected chi connectivity index (χ3v) is 3.77. The molecule has 0 amide bonds. The number of aromatic nitrogens is 3. The number of nitrogens with one attached hydrogen (secondary N) is 1. The second-order valence-corrected chi connectivity index (χ2v) is 5.80. The van der Waals surface area contributed by atoms with E-state index in [9.17, 15) is 0 Å². The zero-order valence-corrected chi connectivity index (χ0v) is 12.2. The van der Waals surface area contributed by atoms with E-state index in [1.54, 1.807) is 11.8 Å². The highest BCUT2D eigenvalue weighted by Gasteiger charge is 2.13. The Morgan fingerprint density at radius 1 is 1.12 bits per heavy atom. The predicted molar refractivity (Wildman–Crippen MR) is 73.9 cm³/mol. The van der Waals surface area contributed by atoms with Crippen LogP contribution in [0.2, 0.25) is 0 Å². The summed E-state index contributed by atoms with van der Waals surface area (Å²) in [6, 6.07) is 0. The zero-order chi connectivity index (χ0) is 13.0. The highest BCUT2D eigenvalue weighted by molar-refractivity contribution is 7.99. The summed E-state index contributed by atoms with van der Waals surface area (Å²) in [4.78, 5) is 15.0. The highest BCUT2D eigenvalue weighted by Crippen LogP contribution is 2.26. The standard InChI is InChI=1S/C11H21N5S/c1-7(2)8(3)17-11-14-9(12-4)13-10(15-11)16(5)6/h7-8H,1-6H3,(H,12,13,14,15). The Kier molecular flexibility index (Phi) is 4.99. The minimum Gasteiger partial charge on any atom is -0.357 e. The van der Waals surface area contributed by atoms with E-state index in [4.69, 9.17) is 0 Å². The molecule has 0 aliphatic carbocycles. The predicted octanol–water partition coefficient (Wildman–Crippen LogP) is 2.12. The van der Waals surface area contributed by atoms with Crippen LogP contribution < -0.4 is 10.2 Å². The van der Waals surface area contributed by atoms with Gasteiger partial charge in [-0.15, -0.1) is 0 Å². The normalized spacial score (nSPS) is 12.6. The van der Waals surface area contributed by atoms with E-state index in [0.29, 0.717) is 23.1 Å². The monoisotopic (exact) mass is 255 g/mol. The quantitative estimate of drug-likeness (QED) is 0.813. The number of rotatable bonds is 5. The van der Waals surface area contributed by atoms with Gasteiger partial charge in [0.25, 0.3) is 0 Å². The number of hydrogen-bond donors (Lipinski definition) is 1. The minimum absolute atomic E-state index is 0.483. The average molecular weight is 255 g/mol. The molecule has 0 aromatic carbocycles. The van der Waals surface area contributed by atoms with Crippen molar-refractivity contribution in [2.24, 2.45) is 5.92 Å². The molecule has 1 unspecified atom stereocenters. The zero-order valence-electron chi connectivity index (χ0n) is 11.4. The van der Waals surface area contributed by atoms with E-state index in [-0.39, 0.29) is 0 Å². The maximum absolute atomic E-state index is 4.43. The third-order valence-electron chi connectivity index (χ3n) is 2.46. The van der Waals surface area contributed by atoms with Crippen LogP contribution >= 0.6 is 11.8 Å². The largest absolute Gasteiger partial charge is 0.357 e. The highest BCUT2D eigenvalue weighted by atomic mass is 32.2. The van der Waals surface area contributed by atoms with E-state index in [0.717, 1.165) is 5.16 Å². The molecule has 1 aromatic rings. The maximum Gasteiger partial charge on any atom is 0.230 e. The summed E-state index contributed by atoms with van der Waals surface area (Å²) in [7, 11) is 5.67. The molecule has 1 heterocycles. The van der Waals surface area contributed by atoms with Crippen molar-refractivity contribution >= 4 is 23.7 Å². The van der Waals surface area contributed by atoms with Gasteiger partial charge in [0.05, 0.1) is 0 Å². The van der Waals surface area contributed by atoms with Crippen molar-refractivity contribution < 1.29 is 0 Å². The molecule has 0 fully saturated rings. The first-order chi connectivity index (χ1) is 7.93. The molecule has 1 N–H and O–H groups in total. The van der Waals surface area contributed by atoms with Crippen molar-refractivity contribution in [2.75, 3.05) is 31.4 Å². The molecule has 1 rings (SSSR count). The lowest BCUT2D eigenvalue weighted by Crippen LogP contribution is -2.16. The van der Waals surface area contributed by atoms with Gasteiger partial charge in [-0.05, 0) is 5.92 Å². The molecule has 5 nitrogen and oxygen atoms in total. The fourth-order valence-electron chi connectivity index (χ4n) is 1.01. The summed E-state index contributed by atoms with van der Waals surface area (Å²) in [5, 5.41) is 4.22. The van der Waals surface area contributed by atoms with Crippen LogP contribution in [-0.4, -0.2) is 41.3 Å². The van der Waals surface area contributed by atoms with Gasteiger partial charge in [-0.3, -0.25) is 0 Å². The summed E-state index contributed by atoms with van der Waals surface area (Å²) in [5.74, 6) is 1.89. The average Bonchev–Trinajstić information content (AvgIpc) is 2.28. The number of hydrogen-bond acceptors (Lipinski definition) is 6. The molecule has 0 spiro atoms. The molecule has 0 saturated heterocycles. The Morgan fingerprint density at radius 2 is 1.76 bits per heavy atom. The topological polar surface area (TPSA) is 53.9 Å². The molecule has 1 aromatic heterocycles. The van der Waals surface area contributed by atoms with E-state index in [1.807, 2.05) is 26.0 Å². The van der Waals surface area contributed by atoms with Crippen LogP contribution in [0, 0.1) is 5.92 Å². The van der Waals surface area contributed by atoms with Crippen LogP contribution in [0.3, 0.4) is 0 Å². The molecule has 0 aliphatic heterocycles. The molecule has 0 bridgehead atoms. The number of nitrogens with zero attached hydrogens (tertiary/aromatic N) is 4. The summed E-state index contributed by atoms with van der Waals surface area (Å²) >= 11 is 1.68. The van der Waals surface area contributed by atoms with E-state index in [1.165, 1.54) is 0 Å². The van der Waals surface area contributed by atoms with E-state index < -0.39 is 0 Å². The lowest BCUT2D eigenvalue weighted by Gasteiger charge is -2.16. The molecule has 6 heteroatoms. The molecular weight excluding hydrogens is 234 g/mol. The number of thioether (sulfide) groups is 1. The van der Waals surface area contributed by atoms with Crippen LogP contribution in [0.25, 0.3) is 0 Å². The van der Waals surface area contributed by atoms with Gasteiger partial charge in [0, 0.05) is 26.4 Å². The second kappa shape index (κ2) is 6.05. The lowest BCUT2D eigenvalue weighted by atomic mass is 10.2. The molecule has 1 atom stereocenters. The number of anilines is 2. The molecule has 0 saturated carbocycles. The van der Waals surface area contributed by atoms with Crippen molar-refractivity contribution in [3.63, 3.8) is 0 Å². The van der Waals surface area contributed by atoms with Gasteiger partial charge >= 0.3 is 0 Å². The first kappa shape index (κ1) is 14.0. The second-order valence-electron chi connectivity index (χ2n) is 4.45. The Bertz CT molecular complexity index is 367. The van der Waals surface area contributed by atoms with Gasteiger partial charge < -0.3 is 10.2 Å². The van der Waals surface area contributed by atoms with Crippen LogP contribution in [0.4, 0.5) is 11.9 Å². The van der Waals surface area contributed by atoms with Crippen molar-refractivity contribution in [1.29, 1.82) is 0 Å². The lowest BCUT2D eigenvalue weighted by molar-refractivity contribution is 0.640. The minimum atomic E-state index is 0.483. The van der Waals surface area contributed by atoms with Crippen LogP contribution in [0.1, 0.15) is 20.8 Å². The SMILES string of the molecule is CNc1nc(SC(C)C(C)C)nc(N(C)C)n1. The summed E-state index contributed by atoms with van der Waals surface area (Å²) in [5.41, 5.74) is 0. The smallest absolute Gasteiger partial charge is 0.230 e. The van der Waals surface area contributed by atoms with Gasteiger partial charge in [-0.1, -0.05) is 32.5 Å². The van der Waals surface area contributed by atoms with Gasteiger partial charge in [0.1, 0.15) is 0 Å². The van der Waals surface area contributed by atoms with Crippen LogP contribution in [0.15, 0.2) is 5.16 Å². The molecular formula is C11H21N5S. The third kappa shape index (κ3) is 4.03. The van der Waals surface area contributed by atoms with Gasteiger partial charge in [0.2, 0.25) is 11.9 Å². The van der Waals surface area contributed by atoms with Crippen molar-refractivity contribution in [3.8, 4) is 0 Å². The Labute approximate surface area is 107 Å². The van der Waals surface area contributed by atoms with Crippen molar-refractivity contribution in [1.82, 2.24) is 15.0 Å². The molecule has 96 valence electrons. The van der Waals surface area contributed by atoms with Crippen molar-refractivity contribution in [3.05, 3.63) is 0 Å². The summed E-state index contributed by atoms with van der Waals surface area (Å²) < 4.78 is 0. The van der Waals surface area contributed by atoms with E-state index in [2.05, 4.69) is 41.0 Å².